The topological polar surface area (TPSA) is 94.0 Å². The maximum Gasteiger partial charge on any atom is 0.308 e. The number of nitrogens with zero attached hydrogens (tertiary/aromatic N) is 4. The van der Waals surface area contributed by atoms with Crippen LogP contribution in [0.15, 0.2) is 78.3 Å². The standard InChI is InChI=1S/C24H22N4O4/c1-17(29)31-21-10-6-5-9-19(21)16-28-23(20-15-25-13-14-26-20)27-32-22(24(28)30)12-11-18-7-3-2-4-8-18/h2-10,13-15,22H,11-12,16H2,1H3. The number of aryl methyl sites for hydroxylation is 1. The quantitative estimate of drug-likeness (QED) is 0.422. The highest BCUT2D eigenvalue weighted by atomic mass is 16.6. The molecule has 8 heteroatoms. The number of hydrogen-bond donors (Lipinski definition) is 0. The van der Waals surface area contributed by atoms with E-state index in [2.05, 4.69) is 15.1 Å². The summed E-state index contributed by atoms with van der Waals surface area (Å²) in [5, 5.41) is 4.22. The van der Waals surface area contributed by atoms with Gasteiger partial charge in [0, 0.05) is 31.3 Å². The van der Waals surface area contributed by atoms with Crippen molar-refractivity contribution in [3.05, 3.63) is 90.0 Å². The smallest absolute Gasteiger partial charge is 0.308 e. The molecular formula is C24H22N4O4. The first-order chi connectivity index (χ1) is 15.6. The summed E-state index contributed by atoms with van der Waals surface area (Å²) >= 11 is 0. The minimum Gasteiger partial charge on any atom is -0.426 e. The molecule has 4 rings (SSSR count). The van der Waals surface area contributed by atoms with Gasteiger partial charge in [0.1, 0.15) is 11.4 Å². The third-order valence-electron chi connectivity index (χ3n) is 4.95. The van der Waals surface area contributed by atoms with E-state index in [-0.39, 0.29) is 18.3 Å². The van der Waals surface area contributed by atoms with Crippen LogP contribution >= 0.6 is 0 Å². The van der Waals surface area contributed by atoms with Crippen LogP contribution in [0.4, 0.5) is 0 Å². The maximum absolute atomic E-state index is 13.4. The van der Waals surface area contributed by atoms with Crippen molar-refractivity contribution < 1.29 is 19.2 Å². The summed E-state index contributed by atoms with van der Waals surface area (Å²) in [5.74, 6) is -0.0289. The Kier molecular flexibility index (Phi) is 6.50. The Bertz CT molecular complexity index is 1120. The van der Waals surface area contributed by atoms with Crippen LogP contribution in [0.5, 0.6) is 5.75 Å². The summed E-state index contributed by atoms with van der Waals surface area (Å²) in [6.07, 6.45) is 4.99. The van der Waals surface area contributed by atoms with E-state index in [1.807, 2.05) is 36.4 Å². The number of amides is 1. The zero-order valence-electron chi connectivity index (χ0n) is 17.5. The van der Waals surface area contributed by atoms with Crippen molar-refractivity contribution >= 4 is 17.7 Å². The molecule has 0 saturated heterocycles. The first kappa shape index (κ1) is 21.2. The van der Waals surface area contributed by atoms with Crippen molar-refractivity contribution in [1.82, 2.24) is 14.9 Å². The van der Waals surface area contributed by atoms with Gasteiger partial charge in [-0.1, -0.05) is 53.7 Å². The monoisotopic (exact) mass is 430 g/mol. The third-order valence-corrected chi connectivity index (χ3v) is 4.95. The van der Waals surface area contributed by atoms with E-state index in [0.29, 0.717) is 29.8 Å². The highest BCUT2D eigenvalue weighted by Crippen LogP contribution is 2.25. The van der Waals surface area contributed by atoms with E-state index in [0.717, 1.165) is 5.56 Å². The average molecular weight is 430 g/mol. The van der Waals surface area contributed by atoms with Gasteiger partial charge in [-0.2, -0.15) is 0 Å². The number of amidine groups is 1. The second kappa shape index (κ2) is 9.82. The van der Waals surface area contributed by atoms with Crippen LogP contribution in [0.1, 0.15) is 30.2 Å². The van der Waals surface area contributed by atoms with Crippen LogP contribution in [0.2, 0.25) is 0 Å². The van der Waals surface area contributed by atoms with E-state index in [4.69, 9.17) is 9.57 Å². The minimum atomic E-state index is -0.739. The zero-order chi connectivity index (χ0) is 22.3. The number of carbonyl (C=O) groups excluding carboxylic acids is 2. The molecule has 0 saturated carbocycles. The van der Waals surface area contributed by atoms with Crippen molar-refractivity contribution in [2.75, 3.05) is 0 Å². The fourth-order valence-corrected chi connectivity index (χ4v) is 3.42. The zero-order valence-corrected chi connectivity index (χ0v) is 17.5. The summed E-state index contributed by atoms with van der Waals surface area (Å²) in [5.41, 5.74) is 2.18. The molecule has 0 fully saturated rings. The molecule has 3 aromatic rings. The average Bonchev–Trinajstić information content (AvgIpc) is 2.81. The van der Waals surface area contributed by atoms with Crippen LogP contribution in [0.25, 0.3) is 0 Å². The maximum atomic E-state index is 13.4. The number of para-hydroxylation sites is 1. The molecule has 1 amide bonds. The Hall–Kier alpha value is -4.07. The van der Waals surface area contributed by atoms with Crippen molar-refractivity contribution in [1.29, 1.82) is 0 Å². The summed E-state index contributed by atoms with van der Waals surface area (Å²) in [6.45, 7) is 1.48. The Morgan fingerprint density at radius 3 is 2.62 bits per heavy atom. The van der Waals surface area contributed by atoms with E-state index < -0.39 is 12.1 Å². The fraction of sp³-hybridized carbons (Fsp3) is 0.208. The molecule has 1 atom stereocenters. The van der Waals surface area contributed by atoms with Gasteiger partial charge in [0.05, 0.1) is 12.7 Å². The van der Waals surface area contributed by atoms with E-state index in [9.17, 15) is 9.59 Å². The molecule has 2 heterocycles. The minimum absolute atomic E-state index is 0.142. The van der Waals surface area contributed by atoms with Crippen molar-refractivity contribution in [2.45, 2.75) is 32.4 Å². The molecule has 0 aliphatic carbocycles. The van der Waals surface area contributed by atoms with E-state index in [1.165, 1.54) is 24.2 Å². The number of oxime groups is 1. The Balaban J connectivity index is 1.61. The van der Waals surface area contributed by atoms with Crippen LogP contribution in [0.3, 0.4) is 0 Å². The summed E-state index contributed by atoms with van der Waals surface area (Å²) in [4.78, 5) is 40.4. The van der Waals surface area contributed by atoms with Crippen LogP contribution in [-0.4, -0.2) is 38.7 Å². The Morgan fingerprint density at radius 1 is 1.09 bits per heavy atom. The lowest BCUT2D eigenvalue weighted by Crippen LogP contribution is -2.47. The number of hydrogen-bond acceptors (Lipinski definition) is 7. The number of rotatable bonds is 7. The first-order valence-corrected chi connectivity index (χ1v) is 10.2. The second-order valence-corrected chi connectivity index (χ2v) is 7.25. The number of aromatic nitrogens is 2. The molecule has 32 heavy (non-hydrogen) atoms. The van der Waals surface area contributed by atoms with Gasteiger partial charge in [-0.25, -0.2) is 4.98 Å². The molecule has 1 aliphatic heterocycles. The molecular weight excluding hydrogens is 408 g/mol. The van der Waals surface area contributed by atoms with Gasteiger partial charge in [0.15, 0.2) is 0 Å². The predicted molar refractivity (Wildman–Crippen MR) is 117 cm³/mol. The van der Waals surface area contributed by atoms with Crippen LogP contribution in [0, 0.1) is 0 Å². The number of benzene rings is 2. The molecule has 1 aromatic heterocycles. The molecule has 0 radical (unpaired) electrons. The van der Waals surface area contributed by atoms with Gasteiger partial charge >= 0.3 is 5.97 Å². The molecule has 8 nitrogen and oxygen atoms in total. The third kappa shape index (κ3) is 4.97. The lowest BCUT2D eigenvalue weighted by molar-refractivity contribution is -0.143. The van der Waals surface area contributed by atoms with Crippen LogP contribution < -0.4 is 4.74 Å². The molecule has 0 N–H and O–H groups in total. The largest absolute Gasteiger partial charge is 0.426 e. The molecule has 0 spiro atoms. The van der Waals surface area contributed by atoms with Gasteiger partial charge in [0.2, 0.25) is 11.9 Å². The fourth-order valence-electron chi connectivity index (χ4n) is 3.42. The van der Waals surface area contributed by atoms with Gasteiger partial charge in [-0.15, -0.1) is 0 Å². The van der Waals surface area contributed by atoms with Crippen molar-refractivity contribution in [2.24, 2.45) is 5.16 Å². The highest BCUT2D eigenvalue weighted by Gasteiger charge is 2.35. The number of ether oxygens (including phenoxy) is 1. The van der Waals surface area contributed by atoms with Crippen molar-refractivity contribution in [3.63, 3.8) is 0 Å². The normalized spacial score (nSPS) is 15.7. The highest BCUT2D eigenvalue weighted by molar-refractivity contribution is 6.08. The number of carbonyl (C=O) groups is 2. The summed E-state index contributed by atoms with van der Waals surface area (Å²) in [7, 11) is 0. The molecule has 1 unspecified atom stereocenters. The first-order valence-electron chi connectivity index (χ1n) is 10.2. The SMILES string of the molecule is CC(=O)Oc1ccccc1CN1C(=O)C(CCc2ccccc2)ON=C1c1cnccn1. The predicted octanol–water partition coefficient (Wildman–Crippen LogP) is 3.12. The van der Waals surface area contributed by atoms with Crippen LogP contribution in [-0.2, 0) is 27.4 Å². The molecule has 162 valence electrons. The van der Waals surface area contributed by atoms with Gasteiger partial charge in [-0.05, 0) is 18.1 Å². The van der Waals surface area contributed by atoms with Crippen molar-refractivity contribution in [3.8, 4) is 5.75 Å². The Labute approximate surface area is 185 Å². The summed E-state index contributed by atoms with van der Waals surface area (Å²) < 4.78 is 5.32. The second-order valence-electron chi connectivity index (χ2n) is 7.25. The Morgan fingerprint density at radius 2 is 1.88 bits per heavy atom. The van der Waals surface area contributed by atoms with Gasteiger partial charge in [0.25, 0.3) is 5.91 Å². The lowest BCUT2D eigenvalue weighted by Gasteiger charge is -2.31. The van der Waals surface area contributed by atoms with Gasteiger partial charge < -0.3 is 9.57 Å². The van der Waals surface area contributed by atoms with Gasteiger partial charge in [-0.3, -0.25) is 19.5 Å². The number of esters is 1. The molecule has 1 aliphatic rings. The van der Waals surface area contributed by atoms with E-state index >= 15 is 0 Å². The molecule has 0 bridgehead atoms. The lowest BCUT2D eigenvalue weighted by atomic mass is 10.0. The van der Waals surface area contributed by atoms with E-state index in [1.54, 1.807) is 24.4 Å². The molecule has 2 aromatic carbocycles. The summed E-state index contributed by atoms with van der Waals surface area (Å²) in [6, 6.07) is 17.0.